The summed E-state index contributed by atoms with van der Waals surface area (Å²) in [6.07, 6.45) is 4.88. The van der Waals surface area contributed by atoms with Gasteiger partial charge < -0.3 is 10.5 Å². The van der Waals surface area contributed by atoms with E-state index in [-0.39, 0.29) is 17.9 Å². The molecule has 0 radical (unpaired) electrons. The van der Waals surface area contributed by atoms with Crippen LogP contribution in [0.5, 0.6) is 0 Å². The molecule has 2 aliphatic rings. The summed E-state index contributed by atoms with van der Waals surface area (Å²) in [5, 5.41) is 0. The van der Waals surface area contributed by atoms with Crippen LogP contribution in [0, 0.1) is 5.92 Å². The van der Waals surface area contributed by atoms with Gasteiger partial charge in [-0.2, -0.15) is 0 Å². The summed E-state index contributed by atoms with van der Waals surface area (Å²) < 4.78 is 5.27. The van der Waals surface area contributed by atoms with Crippen molar-refractivity contribution in [3.63, 3.8) is 0 Å². The second kappa shape index (κ2) is 3.30. The predicted molar refractivity (Wildman–Crippen MR) is 46.9 cm³/mol. The van der Waals surface area contributed by atoms with Crippen LogP contribution in [0.4, 0.5) is 0 Å². The predicted octanol–water partition coefficient (Wildman–Crippen LogP) is 1.33. The average molecular weight is 178 g/mol. The third kappa shape index (κ3) is 1.86. The van der Waals surface area contributed by atoms with Crippen molar-refractivity contribution < 1.29 is 4.74 Å². The molecule has 0 spiro atoms. The van der Waals surface area contributed by atoms with Gasteiger partial charge in [0.05, 0.1) is 0 Å². The zero-order valence-electron chi connectivity index (χ0n) is 6.71. The van der Waals surface area contributed by atoms with Gasteiger partial charge in [-0.1, -0.05) is 0 Å². The molecule has 2 N–H and O–H groups in total. The fourth-order valence-electron chi connectivity index (χ4n) is 1.83. The highest BCUT2D eigenvalue weighted by molar-refractivity contribution is 5.85. The quantitative estimate of drug-likeness (QED) is 0.656. The minimum Gasteiger partial charge on any atom is -0.381 e. The van der Waals surface area contributed by atoms with Crippen molar-refractivity contribution >= 4 is 12.4 Å². The number of hydrogen-bond donors (Lipinski definition) is 1. The van der Waals surface area contributed by atoms with Crippen LogP contribution in [0.2, 0.25) is 0 Å². The van der Waals surface area contributed by atoms with Crippen molar-refractivity contribution in [3.8, 4) is 0 Å². The van der Waals surface area contributed by atoms with E-state index in [4.69, 9.17) is 10.5 Å². The van der Waals surface area contributed by atoms with Gasteiger partial charge in [0.2, 0.25) is 0 Å². The fourth-order valence-corrected chi connectivity index (χ4v) is 1.83. The van der Waals surface area contributed by atoms with Crippen LogP contribution in [0.15, 0.2) is 0 Å². The number of rotatable bonds is 1. The molecular formula is C8H16ClNO. The smallest absolute Gasteiger partial charge is 0.0469 e. The monoisotopic (exact) mass is 177 g/mol. The van der Waals surface area contributed by atoms with Crippen molar-refractivity contribution in [2.75, 3.05) is 13.2 Å². The minimum absolute atomic E-state index is 0. The first-order valence-corrected chi connectivity index (χ1v) is 4.18. The van der Waals surface area contributed by atoms with Crippen LogP contribution < -0.4 is 5.73 Å². The first-order valence-electron chi connectivity index (χ1n) is 4.18. The molecule has 2 nitrogen and oxygen atoms in total. The SMILES string of the molecule is Cl.NC1(C2CCOCC2)CC1. The van der Waals surface area contributed by atoms with E-state index in [0.29, 0.717) is 0 Å². The Hall–Kier alpha value is 0.210. The first-order chi connectivity index (χ1) is 4.81. The lowest BCUT2D eigenvalue weighted by Gasteiger charge is -2.27. The molecule has 0 aromatic heterocycles. The standard InChI is InChI=1S/C8H15NO.ClH/c9-8(3-4-8)7-1-5-10-6-2-7;/h7H,1-6,9H2;1H. The summed E-state index contributed by atoms with van der Waals surface area (Å²) in [5.74, 6) is 0.765. The minimum atomic E-state index is 0. The van der Waals surface area contributed by atoms with Gasteiger partial charge in [-0.05, 0) is 31.6 Å². The molecule has 11 heavy (non-hydrogen) atoms. The van der Waals surface area contributed by atoms with Gasteiger partial charge in [-0.3, -0.25) is 0 Å². The summed E-state index contributed by atoms with van der Waals surface area (Å²) in [5.41, 5.74) is 6.31. The van der Waals surface area contributed by atoms with Crippen LogP contribution in [0.3, 0.4) is 0 Å². The maximum absolute atomic E-state index is 6.07. The second-order valence-electron chi connectivity index (χ2n) is 3.62. The molecule has 2 rings (SSSR count). The fraction of sp³-hybridized carbons (Fsp3) is 1.00. The highest BCUT2D eigenvalue weighted by Crippen LogP contribution is 2.43. The normalized spacial score (nSPS) is 29.2. The topological polar surface area (TPSA) is 35.2 Å². The van der Waals surface area contributed by atoms with Crippen LogP contribution >= 0.6 is 12.4 Å². The van der Waals surface area contributed by atoms with Gasteiger partial charge in [0.25, 0.3) is 0 Å². The molecule has 0 bridgehead atoms. The maximum atomic E-state index is 6.07. The number of halogens is 1. The van der Waals surface area contributed by atoms with Gasteiger partial charge in [-0.15, -0.1) is 12.4 Å². The van der Waals surface area contributed by atoms with E-state index in [2.05, 4.69) is 0 Å². The molecule has 0 aromatic rings. The molecule has 0 amide bonds. The lowest BCUT2D eigenvalue weighted by atomic mass is 9.90. The lowest BCUT2D eigenvalue weighted by molar-refractivity contribution is 0.0552. The van der Waals surface area contributed by atoms with Crippen LogP contribution in [-0.2, 0) is 4.74 Å². The Morgan fingerprint density at radius 1 is 1.18 bits per heavy atom. The number of ether oxygens (including phenoxy) is 1. The highest BCUT2D eigenvalue weighted by atomic mass is 35.5. The molecule has 1 heterocycles. The van der Waals surface area contributed by atoms with Crippen molar-refractivity contribution in [3.05, 3.63) is 0 Å². The van der Waals surface area contributed by atoms with Gasteiger partial charge in [0, 0.05) is 18.8 Å². The Kier molecular flexibility index (Phi) is 2.79. The summed E-state index contributed by atoms with van der Waals surface area (Å²) >= 11 is 0. The zero-order valence-corrected chi connectivity index (χ0v) is 7.53. The molecule has 0 atom stereocenters. The Bertz CT molecular complexity index is 130. The van der Waals surface area contributed by atoms with Crippen LogP contribution in [0.25, 0.3) is 0 Å². The maximum Gasteiger partial charge on any atom is 0.0469 e. The van der Waals surface area contributed by atoms with Crippen molar-refractivity contribution in [1.82, 2.24) is 0 Å². The molecule has 1 saturated carbocycles. The molecule has 1 aliphatic heterocycles. The van der Waals surface area contributed by atoms with Gasteiger partial charge in [0.15, 0.2) is 0 Å². The van der Waals surface area contributed by atoms with Crippen LogP contribution in [0.1, 0.15) is 25.7 Å². The summed E-state index contributed by atoms with van der Waals surface area (Å²) in [6, 6.07) is 0. The third-order valence-electron chi connectivity index (χ3n) is 2.86. The molecule has 66 valence electrons. The summed E-state index contributed by atoms with van der Waals surface area (Å²) in [7, 11) is 0. The van der Waals surface area contributed by atoms with E-state index in [9.17, 15) is 0 Å². The molecule has 1 aliphatic carbocycles. The number of hydrogen-bond acceptors (Lipinski definition) is 2. The molecule has 0 aromatic carbocycles. The molecule has 0 unspecified atom stereocenters. The third-order valence-corrected chi connectivity index (χ3v) is 2.86. The molecule has 2 fully saturated rings. The van der Waals surface area contributed by atoms with Crippen LogP contribution in [-0.4, -0.2) is 18.8 Å². The molecule has 1 saturated heterocycles. The highest BCUT2D eigenvalue weighted by Gasteiger charge is 2.45. The Balaban J connectivity index is 0.000000605. The average Bonchev–Trinajstić information content (AvgIpc) is 2.72. The van der Waals surface area contributed by atoms with E-state index in [1.807, 2.05) is 0 Å². The Morgan fingerprint density at radius 3 is 2.18 bits per heavy atom. The van der Waals surface area contributed by atoms with E-state index >= 15 is 0 Å². The molecule has 3 heteroatoms. The first kappa shape index (κ1) is 9.30. The Morgan fingerprint density at radius 2 is 1.73 bits per heavy atom. The number of nitrogens with two attached hydrogens (primary N) is 1. The second-order valence-corrected chi connectivity index (χ2v) is 3.62. The van der Waals surface area contributed by atoms with E-state index < -0.39 is 0 Å². The Labute approximate surface area is 73.9 Å². The van der Waals surface area contributed by atoms with E-state index in [0.717, 1.165) is 19.1 Å². The van der Waals surface area contributed by atoms with Gasteiger partial charge in [-0.25, -0.2) is 0 Å². The van der Waals surface area contributed by atoms with Crippen molar-refractivity contribution in [2.45, 2.75) is 31.2 Å². The lowest BCUT2D eigenvalue weighted by Crippen LogP contribution is -2.36. The summed E-state index contributed by atoms with van der Waals surface area (Å²) in [6.45, 7) is 1.87. The largest absolute Gasteiger partial charge is 0.381 e. The molecular weight excluding hydrogens is 162 g/mol. The van der Waals surface area contributed by atoms with E-state index in [1.54, 1.807) is 0 Å². The van der Waals surface area contributed by atoms with Gasteiger partial charge in [0.1, 0.15) is 0 Å². The van der Waals surface area contributed by atoms with Crippen molar-refractivity contribution in [2.24, 2.45) is 11.7 Å². The van der Waals surface area contributed by atoms with Crippen molar-refractivity contribution in [1.29, 1.82) is 0 Å². The van der Waals surface area contributed by atoms with Gasteiger partial charge >= 0.3 is 0 Å². The zero-order chi connectivity index (χ0) is 7.03. The van der Waals surface area contributed by atoms with E-state index in [1.165, 1.54) is 25.7 Å². The summed E-state index contributed by atoms with van der Waals surface area (Å²) in [4.78, 5) is 0.